The Morgan fingerprint density at radius 3 is 2.42 bits per heavy atom. The summed E-state index contributed by atoms with van der Waals surface area (Å²) in [4.78, 5) is 26.9. The third-order valence-electron chi connectivity index (χ3n) is 7.53. The number of amides is 1. The van der Waals surface area contributed by atoms with Crippen LogP contribution in [-0.2, 0) is 19.5 Å². The van der Waals surface area contributed by atoms with Gasteiger partial charge in [0.1, 0.15) is 5.69 Å². The molecule has 3 aromatic rings. The lowest BCUT2D eigenvalue weighted by atomic mass is 10.0. The van der Waals surface area contributed by atoms with Gasteiger partial charge in [0.15, 0.2) is 6.29 Å². The van der Waals surface area contributed by atoms with Crippen LogP contribution in [0, 0.1) is 10.1 Å². The number of ether oxygens (including phenoxy) is 2. The first-order valence-corrected chi connectivity index (χ1v) is 17.3. The van der Waals surface area contributed by atoms with Gasteiger partial charge in [-0.2, -0.15) is 0 Å². The van der Waals surface area contributed by atoms with Crippen LogP contribution in [0.4, 0.5) is 17.1 Å². The summed E-state index contributed by atoms with van der Waals surface area (Å²) in [5, 5.41) is 14.7. The number of thioether (sulfide) groups is 1. The number of nitro benzene ring substituents is 1. The number of hydrogen-bond acceptors (Lipinski definition) is 10. The van der Waals surface area contributed by atoms with E-state index in [1.54, 1.807) is 36.0 Å². The minimum atomic E-state index is -4.36. The van der Waals surface area contributed by atoms with E-state index < -0.39 is 26.5 Å². The molecule has 5 rings (SSSR count). The molecule has 45 heavy (non-hydrogen) atoms. The predicted octanol–water partition coefficient (Wildman–Crippen LogP) is 5.60. The maximum absolute atomic E-state index is 13.0. The van der Waals surface area contributed by atoms with Gasteiger partial charge in [0.2, 0.25) is 0 Å². The van der Waals surface area contributed by atoms with Crippen LogP contribution in [-0.4, -0.2) is 64.1 Å². The van der Waals surface area contributed by atoms with Crippen LogP contribution in [0.25, 0.3) is 0 Å². The number of nitrogens with one attached hydrogen (secondary N) is 2. The molecule has 13 heteroatoms. The maximum atomic E-state index is 13.0. The third kappa shape index (κ3) is 9.07. The highest BCUT2D eigenvalue weighted by Gasteiger charge is 2.24. The molecule has 0 spiro atoms. The van der Waals surface area contributed by atoms with Crippen LogP contribution in [0.3, 0.4) is 0 Å². The normalized spacial score (nSPS) is 15.8. The Morgan fingerprint density at radius 2 is 1.73 bits per heavy atom. The molecule has 2 N–H and O–H groups in total. The second-order valence-corrected chi connectivity index (χ2v) is 13.5. The van der Waals surface area contributed by atoms with E-state index in [2.05, 4.69) is 16.3 Å². The molecule has 0 aliphatic carbocycles. The van der Waals surface area contributed by atoms with Crippen molar-refractivity contribution in [1.29, 1.82) is 0 Å². The first-order valence-electron chi connectivity index (χ1n) is 14.8. The number of carbonyl (C=O) groups excluding carboxylic acids is 1. The lowest BCUT2D eigenvalue weighted by molar-refractivity contribution is -0.384. The van der Waals surface area contributed by atoms with E-state index in [9.17, 15) is 23.3 Å². The summed E-state index contributed by atoms with van der Waals surface area (Å²) in [7, 11) is -4.36. The molecule has 11 nitrogen and oxygen atoms in total. The van der Waals surface area contributed by atoms with Gasteiger partial charge < -0.3 is 19.7 Å². The summed E-state index contributed by atoms with van der Waals surface area (Å²) in [6.07, 6.45) is 5.58. The van der Waals surface area contributed by atoms with Crippen molar-refractivity contribution in [2.24, 2.45) is 0 Å². The van der Waals surface area contributed by atoms with Crippen LogP contribution in [0.5, 0.6) is 0 Å². The molecule has 2 fully saturated rings. The Balaban J connectivity index is 1.14. The van der Waals surface area contributed by atoms with E-state index >= 15 is 0 Å². The molecule has 0 atom stereocenters. The monoisotopic (exact) mass is 652 g/mol. The largest absolute Gasteiger partial charge is 0.379 e. The van der Waals surface area contributed by atoms with Crippen molar-refractivity contribution >= 4 is 44.8 Å². The lowest BCUT2D eigenvalue weighted by Crippen LogP contribution is -2.32. The highest BCUT2D eigenvalue weighted by molar-refractivity contribution is 7.99. The fourth-order valence-electron chi connectivity index (χ4n) is 5.11. The second kappa shape index (κ2) is 15.4. The number of nitro groups is 1. The average Bonchev–Trinajstić information content (AvgIpc) is 3.07. The zero-order valence-corrected chi connectivity index (χ0v) is 26.4. The molecular weight excluding hydrogens is 617 g/mol. The molecule has 0 saturated carbocycles. The third-order valence-corrected chi connectivity index (χ3v) is 9.87. The van der Waals surface area contributed by atoms with Crippen molar-refractivity contribution in [2.75, 3.05) is 48.8 Å². The minimum Gasteiger partial charge on any atom is -0.379 e. The number of hydrogen-bond donors (Lipinski definition) is 2. The number of benzene rings is 3. The number of sulfonamides is 1. The molecule has 2 saturated heterocycles. The molecule has 0 radical (unpaired) electrons. The SMILES string of the molecule is O=C(NS(=O)(=O)c1ccc(NCCSc2ccccc2)c([N+](=O)[O-])c1)c1ccc(N2CCC(=CCC3OCCCO3)CC2)cc1. The van der Waals surface area contributed by atoms with E-state index in [1.807, 2.05) is 35.1 Å². The molecule has 0 aromatic heterocycles. The van der Waals surface area contributed by atoms with Crippen LogP contribution in [0.15, 0.2) is 94.2 Å². The first-order chi connectivity index (χ1) is 21.8. The summed E-state index contributed by atoms with van der Waals surface area (Å²) >= 11 is 1.59. The average molecular weight is 653 g/mol. The van der Waals surface area contributed by atoms with Crippen LogP contribution >= 0.6 is 11.8 Å². The highest BCUT2D eigenvalue weighted by Crippen LogP contribution is 2.29. The molecule has 0 bridgehead atoms. The molecule has 3 aromatic carbocycles. The van der Waals surface area contributed by atoms with Crippen molar-refractivity contribution in [3.05, 3.63) is 100 Å². The van der Waals surface area contributed by atoms with Gasteiger partial charge >= 0.3 is 0 Å². The van der Waals surface area contributed by atoms with Crippen molar-refractivity contribution in [3.8, 4) is 0 Å². The van der Waals surface area contributed by atoms with E-state index in [-0.39, 0.29) is 22.4 Å². The Hall–Kier alpha value is -3.91. The van der Waals surface area contributed by atoms with Gasteiger partial charge in [-0.25, -0.2) is 13.1 Å². The quantitative estimate of drug-likeness (QED) is 0.0836. The van der Waals surface area contributed by atoms with E-state index in [0.29, 0.717) is 12.3 Å². The number of piperidine rings is 1. The molecule has 238 valence electrons. The molecule has 1 amide bonds. The molecule has 2 heterocycles. The summed E-state index contributed by atoms with van der Waals surface area (Å²) in [5.74, 6) is -0.168. The van der Waals surface area contributed by atoms with Crippen LogP contribution in [0.2, 0.25) is 0 Å². The molecule has 2 aliphatic rings. The minimum absolute atomic E-state index is 0.155. The van der Waals surface area contributed by atoms with Gasteiger partial charge in [-0.3, -0.25) is 14.9 Å². The van der Waals surface area contributed by atoms with Gasteiger partial charge in [0.25, 0.3) is 21.6 Å². The Bertz CT molecular complexity index is 1600. The van der Waals surface area contributed by atoms with Crippen molar-refractivity contribution < 1.29 is 27.6 Å². The van der Waals surface area contributed by atoms with E-state index in [0.717, 1.165) is 68.6 Å². The van der Waals surface area contributed by atoms with Crippen molar-refractivity contribution in [1.82, 2.24) is 4.72 Å². The molecule has 0 unspecified atom stereocenters. The van der Waals surface area contributed by atoms with Gasteiger partial charge in [-0.05, 0) is 67.8 Å². The Kier molecular flexibility index (Phi) is 11.1. The number of anilines is 2. The maximum Gasteiger partial charge on any atom is 0.293 e. The lowest BCUT2D eigenvalue weighted by Gasteiger charge is -2.31. The Labute approximate surface area is 267 Å². The fourth-order valence-corrected chi connectivity index (χ4v) is 6.89. The van der Waals surface area contributed by atoms with Gasteiger partial charge in [0, 0.05) is 54.0 Å². The van der Waals surface area contributed by atoms with Gasteiger partial charge in [-0.15, -0.1) is 11.8 Å². The zero-order chi connectivity index (χ0) is 31.6. The van der Waals surface area contributed by atoms with Crippen LogP contribution < -0.4 is 14.9 Å². The summed E-state index contributed by atoms with van der Waals surface area (Å²) in [6, 6.07) is 20.0. The molecule has 2 aliphatic heterocycles. The topological polar surface area (TPSA) is 140 Å². The van der Waals surface area contributed by atoms with E-state index in [1.165, 1.54) is 17.7 Å². The number of rotatable bonds is 12. The van der Waals surface area contributed by atoms with Gasteiger partial charge in [0.05, 0.1) is 23.0 Å². The van der Waals surface area contributed by atoms with Gasteiger partial charge in [-0.1, -0.05) is 29.8 Å². The Morgan fingerprint density at radius 1 is 1.02 bits per heavy atom. The highest BCUT2D eigenvalue weighted by atomic mass is 32.2. The fraction of sp³-hybridized carbons (Fsp3) is 0.344. The summed E-state index contributed by atoms with van der Waals surface area (Å²) < 4.78 is 39.3. The summed E-state index contributed by atoms with van der Waals surface area (Å²) in [6.45, 7) is 3.57. The smallest absolute Gasteiger partial charge is 0.293 e. The zero-order valence-electron chi connectivity index (χ0n) is 24.7. The first kappa shape index (κ1) is 32.5. The predicted molar refractivity (Wildman–Crippen MR) is 174 cm³/mol. The van der Waals surface area contributed by atoms with Crippen molar-refractivity contribution in [2.45, 2.75) is 41.8 Å². The van der Waals surface area contributed by atoms with E-state index in [4.69, 9.17) is 9.47 Å². The molecular formula is C32H36N4O7S2. The second-order valence-electron chi connectivity index (χ2n) is 10.6. The summed E-state index contributed by atoms with van der Waals surface area (Å²) in [5.41, 5.74) is 2.28. The number of carbonyl (C=O) groups is 1. The van der Waals surface area contributed by atoms with Crippen LogP contribution in [0.1, 0.15) is 36.0 Å². The standard InChI is InChI=1S/C32H36N4O7S2/c37-32(25-8-10-26(11-9-25)35-18-15-24(16-19-35)7-14-31-42-20-4-21-43-31)34-45(40,41)28-12-13-29(30(23-28)36(38)39)33-17-22-44-27-5-2-1-3-6-27/h1-3,5-13,23,31,33H,4,14-22H2,(H,34,37). The number of nitrogens with zero attached hydrogens (tertiary/aromatic N) is 2. The van der Waals surface area contributed by atoms with Crippen molar-refractivity contribution in [3.63, 3.8) is 0 Å².